The smallest absolute Gasteiger partial charge is 0.238 e. The molecule has 5 heteroatoms. The van der Waals surface area contributed by atoms with Gasteiger partial charge in [-0.1, -0.05) is 25.7 Å². The zero-order chi connectivity index (χ0) is 16.2. The van der Waals surface area contributed by atoms with Crippen molar-refractivity contribution in [2.75, 3.05) is 13.6 Å². The number of aliphatic hydroxyl groups excluding tert-OH is 1. The summed E-state index contributed by atoms with van der Waals surface area (Å²) in [6.07, 6.45) is 7.41. The SMILES string of the molecule is CC(C(=O)NC1(C#N)CCCCC1)N(C)CC1CCCC1O. The molecule has 2 saturated carbocycles. The first-order chi connectivity index (χ1) is 10.5. The second kappa shape index (κ2) is 7.43. The molecule has 0 aromatic heterocycles. The highest BCUT2D eigenvalue weighted by Crippen LogP contribution is 2.28. The van der Waals surface area contributed by atoms with Crippen molar-refractivity contribution in [1.29, 1.82) is 5.26 Å². The van der Waals surface area contributed by atoms with Crippen molar-refractivity contribution in [3.63, 3.8) is 0 Å². The quantitative estimate of drug-likeness (QED) is 0.812. The number of likely N-dealkylation sites (N-methyl/N-ethyl adjacent to an activating group) is 1. The predicted octanol–water partition coefficient (Wildman–Crippen LogP) is 1.81. The van der Waals surface area contributed by atoms with E-state index in [0.29, 0.717) is 0 Å². The molecule has 0 aromatic rings. The maximum absolute atomic E-state index is 12.5. The Morgan fingerprint density at radius 3 is 2.59 bits per heavy atom. The lowest BCUT2D eigenvalue weighted by Crippen LogP contribution is -2.55. The van der Waals surface area contributed by atoms with E-state index in [0.717, 1.165) is 57.9 Å². The molecule has 0 radical (unpaired) electrons. The molecule has 0 saturated heterocycles. The molecule has 0 aliphatic heterocycles. The molecule has 0 aromatic carbocycles. The summed E-state index contributed by atoms with van der Waals surface area (Å²) in [5, 5.41) is 22.4. The first-order valence-corrected chi connectivity index (χ1v) is 8.59. The standard InChI is InChI=1S/C17H29N3O2/c1-13(20(2)11-14-7-6-8-15(14)21)16(22)19-17(12-18)9-4-3-5-10-17/h13-15,21H,3-11H2,1-2H3,(H,19,22). The molecule has 5 nitrogen and oxygen atoms in total. The number of hydrogen-bond donors (Lipinski definition) is 2. The van der Waals surface area contributed by atoms with Crippen molar-refractivity contribution in [3.05, 3.63) is 0 Å². The first kappa shape index (κ1) is 17.2. The van der Waals surface area contributed by atoms with E-state index in [-0.39, 0.29) is 24.0 Å². The molecule has 2 fully saturated rings. The van der Waals surface area contributed by atoms with Gasteiger partial charge in [-0.2, -0.15) is 5.26 Å². The van der Waals surface area contributed by atoms with Crippen molar-refractivity contribution < 1.29 is 9.90 Å². The Hall–Kier alpha value is -1.12. The van der Waals surface area contributed by atoms with Crippen LogP contribution in [0.2, 0.25) is 0 Å². The molecule has 22 heavy (non-hydrogen) atoms. The Morgan fingerprint density at radius 1 is 1.36 bits per heavy atom. The summed E-state index contributed by atoms with van der Waals surface area (Å²) in [6, 6.07) is 2.05. The Bertz CT molecular complexity index is 426. The number of hydrogen-bond acceptors (Lipinski definition) is 4. The van der Waals surface area contributed by atoms with Crippen molar-refractivity contribution >= 4 is 5.91 Å². The van der Waals surface area contributed by atoms with Gasteiger partial charge in [0, 0.05) is 6.54 Å². The van der Waals surface area contributed by atoms with Gasteiger partial charge in [0.1, 0.15) is 5.54 Å². The second-order valence-corrected chi connectivity index (χ2v) is 7.12. The van der Waals surface area contributed by atoms with Crippen LogP contribution in [-0.4, -0.2) is 47.2 Å². The summed E-state index contributed by atoms with van der Waals surface area (Å²) < 4.78 is 0. The molecule has 2 aliphatic carbocycles. The maximum Gasteiger partial charge on any atom is 0.238 e. The molecule has 2 aliphatic rings. The van der Waals surface area contributed by atoms with Gasteiger partial charge >= 0.3 is 0 Å². The third kappa shape index (κ3) is 3.99. The summed E-state index contributed by atoms with van der Waals surface area (Å²) in [7, 11) is 1.93. The Morgan fingerprint density at radius 2 is 2.05 bits per heavy atom. The minimum absolute atomic E-state index is 0.0709. The minimum Gasteiger partial charge on any atom is -0.393 e. The molecular formula is C17H29N3O2. The molecule has 0 heterocycles. The third-order valence-corrected chi connectivity index (χ3v) is 5.47. The fraction of sp³-hybridized carbons (Fsp3) is 0.882. The van der Waals surface area contributed by atoms with Crippen LogP contribution in [0.4, 0.5) is 0 Å². The van der Waals surface area contributed by atoms with Crippen molar-refractivity contribution in [2.45, 2.75) is 76.0 Å². The van der Waals surface area contributed by atoms with Crippen LogP contribution < -0.4 is 5.32 Å². The summed E-state index contributed by atoms with van der Waals surface area (Å²) in [4.78, 5) is 14.5. The van der Waals surface area contributed by atoms with Crippen molar-refractivity contribution in [1.82, 2.24) is 10.2 Å². The number of carbonyl (C=O) groups is 1. The third-order valence-electron chi connectivity index (χ3n) is 5.47. The van der Waals surface area contributed by atoms with Gasteiger partial charge in [0.25, 0.3) is 0 Å². The number of nitriles is 1. The van der Waals surface area contributed by atoms with Crippen LogP contribution >= 0.6 is 0 Å². The molecule has 2 rings (SSSR count). The van der Waals surface area contributed by atoms with E-state index < -0.39 is 5.54 Å². The van der Waals surface area contributed by atoms with Crippen molar-refractivity contribution in [3.8, 4) is 6.07 Å². The highest BCUT2D eigenvalue weighted by molar-refractivity contribution is 5.82. The summed E-state index contributed by atoms with van der Waals surface area (Å²) in [6.45, 7) is 2.61. The Kier molecular flexibility index (Phi) is 5.82. The number of nitrogens with zero attached hydrogens (tertiary/aromatic N) is 2. The van der Waals surface area contributed by atoms with Crippen LogP contribution in [0.3, 0.4) is 0 Å². The fourth-order valence-electron chi connectivity index (χ4n) is 3.72. The van der Waals surface area contributed by atoms with E-state index in [2.05, 4.69) is 11.4 Å². The molecule has 3 atom stereocenters. The average molecular weight is 307 g/mol. The molecule has 124 valence electrons. The topological polar surface area (TPSA) is 76.4 Å². The Labute approximate surface area is 133 Å². The number of aliphatic hydroxyl groups is 1. The van der Waals surface area contributed by atoms with E-state index in [1.807, 2.05) is 18.9 Å². The summed E-state index contributed by atoms with van der Waals surface area (Å²) in [5.74, 6) is 0.193. The highest BCUT2D eigenvalue weighted by atomic mass is 16.3. The average Bonchev–Trinajstić information content (AvgIpc) is 2.92. The van der Waals surface area contributed by atoms with Gasteiger partial charge in [-0.15, -0.1) is 0 Å². The molecule has 3 unspecified atom stereocenters. The normalized spacial score (nSPS) is 29.0. The maximum atomic E-state index is 12.5. The monoisotopic (exact) mass is 307 g/mol. The molecule has 2 N–H and O–H groups in total. The number of carbonyl (C=O) groups excluding carboxylic acids is 1. The van der Waals surface area contributed by atoms with Gasteiger partial charge < -0.3 is 10.4 Å². The van der Waals surface area contributed by atoms with Gasteiger partial charge in [-0.3, -0.25) is 9.69 Å². The molecule has 1 amide bonds. The Balaban J connectivity index is 1.89. The van der Waals surface area contributed by atoms with Crippen LogP contribution in [0.5, 0.6) is 0 Å². The lowest BCUT2D eigenvalue weighted by Gasteiger charge is -2.34. The zero-order valence-corrected chi connectivity index (χ0v) is 13.8. The van der Waals surface area contributed by atoms with Crippen molar-refractivity contribution in [2.24, 2.45) is 5.92 Å². The van der Waals surface area contributed by atoms with Gasteiger partial charge in [0.05, 0.1) is 18.2 Å². The van der Waals surface area contributed by atoms with Crippen LogP contribution in [0.1, 0.15) is 58.3 Å². The van der Waals surface area contributed by atoms with E-state index in [1.165, 1.54) is 0 Å². The lowest BCUT2D eigenvalue weighted by atomic mass is 9.82. The molecule has 0 spiro atoms. The minimum atomic E-state index is -0.669. The fourth-order valence-corrected chi connectivity index (χ4v) is 3.72. The number of rotatable bonds is 5. The number of amides is 1. The van der Waals surface area contributed by atoms with Gasteiger partial charge in [0.15, 0.2) is 0 Å². The summed E-state index contributed by atoms with van der Waals surface area (Å²) >= 11 is 0. The van der Waals surface area contributed by atoms with E-state index in [4.69, 9.17) is 0 Å². The predicted molar refractivity (Wildman–Crippen MR) is 85.0 cm³/mol. The summed E-state index contributed by atoms with van der Waals surface area (Å²) in [5.41, 5.74) is -0.669. The lowest BCUT2D eigenvalue weighted by molar-refractivity contribution is -0.127. The van der Waals surface area contributed by atoms with Crippen LogP contribution in [-0.2, 0) is 4.79 Å². The van der Waals surface area contributed by atoms with Crippen LogP contribution in [0, 0.1) is 17.2 Å². The van der Waals surface area contributed by atoms with Gasteiger partial charge in [0.2, 0.25) is 5.91 Å². The van der Waals surface area contributed by atoms with E-state index in [9.17, 15) is 15.2 Å². The van der Waals surface area contributed by atoms with Crippen LogP contribution in [0.15, 0.2) is 0 Å². The second-order valence-electron chi connectivity index (χ2n) is 7.12. The van der Waals surface area contributed by atoms with E-state index in [1.54, 1.807) is 0 Å². The number of nitrogens with one attached hydrogen (secondary N) is 1. The highest BCUT2D eigenvalue weighted by Gasteiger charge is 2.36. The molecular weight excluding hydrogens is 278 g/mol. The zero-order valence-electron chi connectivity index (χ0n) is 13.8. The van der Waals surface area contributed by atoms with Crippen LogP contribution in [0.25, 0.3) is 0 Å². The van der Waals surface area contributed by atoms with Gasteiger partial charge in [-0.05, 0) is 45.6 Å². The first-order valence-electron chi connectivity index (χ1n) is 8.59. The van der Waals surface area contributed by atoms with Gasteiger partial charge in [-0.25, -0.2) is 0 Å². The molecule has 0 bridgehead atoms. The van der Waals surface area contributed by atoms with E-state index >= 15 is 0 Å². The largest absolute Gasteiger partial charge is 0.393 e.